The van der Waals surface area contributed by atoms with Crippen molar-refractivity contribution in [2.24, 2.45) is 10.8 Å². The number of hydrazine groups is 1. The predicted molar refractivity (Wildman–Crippen MR) is 67.9 cm³/mol. The molecule has 98 valence electrons. The Morgan fingerprint density at radius 1 is 1.39 bits per heavy atom. The molecular formula is C10H9ClF3N3S. The van der Waals surface area contributed by atoms with E-state index in [1.54, 1.807) is 0 Å². The molecule has 1 aromatic rings. The standard InChI is InChI=1S/C10H9ClF3N3S/c11-7-5-6(10(12,13)14)1-2-8(7)17(15)9-16-3-4-18-9/h1-2,5H,3-4,15H2. The number of amidine groups is 1. The molecule has 0 amide bonds. The van der Waals surface area contributed by atoms with E-state index in [1.165, 1.54) is 22.8 Å². The van der Waals surface area contributed by atoms with E-state index in [4.69, 9.17) is 17.4 Å². The summed E-state index contributed by atoms with van der Waals surface area (Å²) in [6.07, 6.45) is -4.42. The summed E-state index contributed by atoms with van der Waals surface area (Å²) in [6.45, 7) is 0.645. The zero-order chi connectivity index (χ0) is 13.3. The highest BCUT2D eigenvalue weighted by molar-refractivity contribution is 8.14. The molecule has 1 aromatic carbocycles. The summed E-state index contributed by atoms with van der Waals surface area (Å²) in [6, 6.07) is 3.05. The van der Waals surface area contributed by atoms with E-state index in [0.717, 1.165) is 17.9 Å². The number of hydrogen-bond acceptors (Lipinski definition) is 4. The number of benzene rings is 1. The summed E-state index contributed by atoms with van der Waals surface area (Å²) in [7, 11) is 0. The van der Waals surface area contributed by atoms with Gasteiger partial charge in [-0.15, -0.1) is 0 Å². The molecule has 1 aliphatic heterocycles. The Hall–Kier alpha value is -0.920. The van der Waals surface area contributed by atoms with Crippen LogP contribution in [0.15, 0.2) is 23.2 Å². The smallest absolute Gasteiger partial charge is 0.260 e. The fourth-order valence-corrected chi connectivity index (χ4v) is 2.51. The van der Waals surface area contributed by atoms with Crippen LogP contribution in [0.4, 0.5) is 18.9 Å². The van der Waals surface area contributed by atoms with Gasteiger partial charge in [0.2, 0.25) is 0 Å². The summed E-state index contributed by atoms with van der Waals surface area (Å²) in [5.74, 6) is 6.58. The van der Waals surface area contributed by atoms with Crippen LogP contribution in [0.2, 0.25) is 5.02 Å². The van der Waals surface area contributed by atoms with E-state index in [-0.39, 0.29) is 5.02 Å². The maximum absolute atomic E-state index is 12.5. The number of nitrogens with two attached hydrogens (primary N) is 1. The number of rotatable bonds is 1. The van der Waals surface area contributed by atoms with Gasteiger partial charge >= 0.3 is 6.18 Å². The highest BCUT2D eigenvalue weighted by Gasteiger charge is 2.31. The molecule has 0 fully saturated rings. The summed E-state index contributed by atoms with van der Waals surface area (Å²) in [5, 5.41) is 1.71. The first-order valence-corrected chi connectivity index (χ1v) is 6.35. The van der Waals surface area contributed by atoms with Crippen molar-refractivity contribution in [1.82, 2.24) is 0 Å². The minimum absolute atomic E-state index is 0.0532. The van der Waals surface area contributed by atoms with Gasteiger partial charge in [-0.2, -0.15) is 13.2 Å². The lowest BCUT2D eigenvalue weighted by Gasteiger charge is -2.19. The minimum Gasteiger partial charge on any atom is -0.260 e. The van der Waals surface area contributed by atoms with Crippen LogP contribution in [0.25, 0.3) is 0 Å². The number of aliphatic imine (C=N–C) groups is 1. The van der Waals surface area contributed by atoms with Crippen LogP contribution in [0.5, 0.6) is 0 Å². The largest absolute Gasteiger partial charge is 0.416 e. The number of nitrogens with zero attached hydrogens (tertiary/aromatic N) is 2. The van der Waals surface area contributed by atoms with Crippen molar-refractivity contribution in [2.75, 3.05) is 17.3 Å². The van der Waals surface area contributed by atoms with Gasteiger partial charge in [0.25, 0.3) is 0 Å². The Morgan fingerprint density at radius 3 is 2.61 bits per heavy atom. The summed E-state index contributed by atoms with van der Waals surface area (Å²) < 4.78 is 37.4. The first kappa shape index (κ1) is 13.5. The van der Waals surface area contributed by atoms with Crippen molar-refractivity contribution in [3.63, 3.8) is 0 Å². The average Bonchev–Trinajstić information content (AvgIpc) is 2.80. The van der Waals surface area contributed by atoms with Crippen molar-refractivity contribution in [1.29, 1.82) is 0 Å². The molecule has 1 aliphatic rings. The molecule has 8 heteroatoms. The SMILES string of the molecule is NN(C1=NCCS1)c1ccc(C(F)(F)F)cc1Cl. The molecule has 0 bridgehead atoms. The highest BCUT2D eigenvalue weighted by atomic mass is 35.5. The number of alkyl halides is 3. The zero-order valence-electron chi connectivity index (χ0n) is 9.04. The molecule has 0 radical (unpaired) electrons. The third-order valence-corrected chi connectivity index (χ3v) is 3.58. The van der Waals surface area contributed by atoms with E-state index >= 15 is 0 Å². The van der Waals surface area contributed by atoms with E-state index in [1.807, 2.05) is 0 Å². The van der Waals surface area contributed by atoms with Crippen LogP contribution in [-0.2, 0) is 6.18 Å². The molecule has 2 N–H and O–H groups in total. The third kappa shape index (κ3) is 2.73. The van der Waals surface area contributed by atoms with Gasteiger partial charge in [-0.25, -0.2) is 5.84 Å². The Kier molecular flexibility index (Phi) is 3.74. The lowest BCUT2D eigenvalue weighted by molar-refractivity contribution is -0.137. The Bertz CT molecular complexity index is 490. The van der Waals surface area contributed by atoms with Crippen LogP contribution >= 0.6 is 23.4 Å². The van der Waals surface area contributed by atoms with Crippen LogP contribution < -0.4 is 10.9 Å². The fourth-order valence-electron chi connectivity index (χ4n) is 1.45. The van der Waals surface area contributed by atoms with Gasteiger partial charge in [-0.3, -0.25) is 10.0 Å². The first-order valence-electron chi connectivity index (χ1n) is 4.98. The highest BCUT2D eigenvalue weighted by Crippen LogP contribution is 2.35. The summed E-state index contributed by atoms with van der Waals surface area (Å²) in [4.78, 5) is 4.12. The molecule has 1 heterocycles. The monoisotopic (exact) mass is 295 g/mol. The molecule has 0 aliphatic carbocycles. The number of hydrogen-bond donors (Lipinski definition) is 1. The second-order valence-electron chi connectivity index (χ2n) is 3.55. The Balaban J connectivity index is 2.30. The molecule has 0 aromatic heterocycles. The summed E-state index contributed by atoms with van der Waals surface area (Å²) in [5.41, 5.74) is -0.497. The molecule has 0 unspecified atom stereocenters. The molecule has 0 saturated heterocycles. The minimum atomic E-state index is -4.42. The van der Waals surface area contributed by atoms with E-state index in [0.29, 0.717) is 17.4 Å². The van der Waals surface area contributed by atoms with E-state index in [9.17, 15) is 13.2 Å². The van der Waals surface area contributed by atoms with E-state index in [2.05, 4.69) is 4.99 Å². The summed E-state index contributed by atoms with van der Waals surface area (Å²) >= 11 is 7.26. The predicted octanol–water partition coefficient (Wildman–Crippen LogP) is 3.14. The Labute approximate surface area is 111 Å². The molecule has 0 spiro atoms. The van der Waals surface area contributed by atoms with Gasteiger partial charge in [0.15, 0.2) is 5.17 Å². The zero-order valence-corrected chi connectivity index (χ0v) is 10.6. The van der Waals surface area contributed by atoms with Crippen LogP contribution in [0.3, 0.4) is 0 Å². The topological polar surface area (TPSA) is 41.6 Å². The van der Waals surface area contributed by atoms with E-state index < -0.39 is 11.7 Å². The van der Waals surface area contributed by atoms with Crippen molar-refractivity contribution < 1.29 is 13.2 Å². The average molecular weight is 296 g/mol. The van der Waals surface area contributed by atoms with Gasteiger partial charge in [0.1, 0.15) is 0 Å². The molecule has 0 saturated carbocycles. The van der Waals surface area contributed by atoms with Gasteiger partial charge in [0.05, 0.1) is 22.8 Å². The van der Waals surface area contributed by atoms with Gasteiger partial charge in [-0.1, -0.05) is 23.4 Å². The van der Waals surface area contributed by atoms with Crippen molar-refractivity contribution in [3.05, 3.63) is 28.8 Å². The maximum Gasteiger partial charge on any atom is 0.416 e. The van der Waals surface area contributed by atoms with Crippen molar-refractivity contribution in [3.8, 4) is 0 Å². The lowest BCUT2D eigenvalue weighted by atomic mass is 10.2. The molecular weight excluding hydrogens is 287 g/mol. The third-order valence-electron chi connectivity index (χ3n) is 2.31. The fraction of sp³-hybridized carbons (Fsp3) is 0.300. The van der Waals surface area contributed by atoms with Gasteiger partial charge in [0, 0.05) is 5.75 Å². The molecule has 3 nitrogen and oxygen atoms in total. The number of anilines is 1. The molecule has 2 rings (SSSR count). The maximum atomic E-state index is 12.5. The first-order chi connectivity index (χ1) is 8.39. The number of thioether (sulfide) groups is 1. The van der Waals surface area contributed by atoms with Gasteiger partial charge in [-0.05, 0) is 18.2 Å². The molecule has 0 atom stereocenters. The normalized spacial score (nSPS) is 15.7. The Morgan fingerprint density at radius 2 is 2.11 bits per heavy atom. The second-order valence-corrected chi connectivity index (χ2v) is 5.02. The van der Waals surface area contributed by atoms with Gasteiger partial charge < -0.3 is 0 Å². The van der Waals surface area contributed by atoms with Crippen molar-refractivity contribution in [2.45, 2.75) is 6.18 Å². The van der Waals surface area contributed by atoms with Crippen LogP contribution in [-0.4, -0.2) is 17.5 Å². The van der Waals surface area contributed by atoms with Crippen LogP contribution in [0, 0.1) is 0 Å². The molecule has 18 heavy (non-hydrogen) atoms. The van der Waals surface area contributed by atoms with Crippen molar-refractivity contribution >= 4 is 34.2 Å². The number of halogens is 4. The quantitative estimate of drug-likeness (QED) is 0.639. The second kappa shape index (κ2) is 4.99. The lowest BCUT2D eigenvalue weighted by Crippen LogP contribution is -2.35. The van der Waals surface area contributed by atoms with Crippen LogP contribution in [0.1, 0.15) is 5.56 Å².